The van der Waals surface area contributed by atoms with Crippen LogP contribution < -0.4 is 4.72 Å². The largest absolute Gasteiger partial charge is 0.360 e. The first-order chi connectivity index (χ1) is 9.38. The summed E-state index contributed by atoms with van der Waals surface area (Å²) in [6.07, 6.45) is 0. The van der Waals surface area contributed by atoms with Gasteiger partial charge in [0.05, 0.1) is 17.1 Å². The third-order valence-electron chi connectivity index (χ3n) is 2.66. The Morgan fingerprint density at radius 2 is 2.10 bits per heavy atom. The van der Waals surface area contributed by atoms with Crippen molar-refractivity contribution in [3.05, 3.63) is 47.3 Å². The summed E-state index contributed by atoms with van der Waals surface area (Å²) in [6.45, 7) is 3.14. The number of sulfonamides is 1. The molecule has 2 rings (SSSR count). The van der Waals surface area contributed by atoms with E-state index in [0.717, 1.165) is 0 Å². The smallest absolute Gasteiger partial charge is 0.241 e. The van der Waals surface area contributed by atoms with Crippen molar-refractivity contribution in [2.24, 2.45) is 0 Å². The minimum Gasteiger partial charge on any atom is -0.360 e. The number of Topliss-reactive ketones (excluding diaryl/α,β-unsaturated/α-hetero) is 1. The predicted octanol–water partition coefficient (Wildman–Crippen LogP) is 1.66. The van der Waals surface area contributed by atoms with Gasteiger partial charge in [-0.2, -0.15) is 0 Å². The molecule has 0 saturated carbocycles. The summed E-state index contributed by atoms with van der Waals surface area (Å²) in [6, 6.07) is 7.52. The third-order valence-corrected chi connectivity index (χ3v) is 4.06. The summed E-state index contributed by atoms with van der Waals surface area (Å²) in [5, 5.41) is 3.67. The zero-order chi connectivity index (χ0) is 14.8. The van der Waals surface area contributed by atoms with E-state index in [1.54, 1.807) is 19.1 Å². The molecule has 20 heavy (non-hydrogen) atoms. The van der Waals surface area contributed by atoms with Crippen LogP contribution in [-0.2, 0) is 16.6 Å². The highest BCUT2D eigenvalue weighted by molar-refractivity contribution is 7.89. The number of benzene rings is 1. The Balaban J connectivity index is 2.17. The molecular weight excluding hydrogens is 280 g/mol. The fourth-order valence-corrected chi connectivity index (χ4v) is 2.67. The molecule has 0 amide bonds. The average Bonchev–Trinajstić information content (AvgIpc) is 2.82. The molecule has 1 heterocycles. The van der Waals surface area contributed by atoms with Gasteiger partial charge in [0.25, 0.3) is 0 Å². The Kier molecular flexibility index (Phi) is 4.01. The van der Waals surface area contributed by atoms with Gasteiger partial charge >= 0.3 is 0 Å². The fourth-order valence-electron chi connectivity index (χ4n) is 1.63. The zero-order valence-corrected chi connectivity index (χ0v) is 11.9. The quantitative estimate of drug-likeness (QED) is 0.847. The molecule has 7 heteroatoms. The lowest BCUT2D eigenvalue weighted by Gasteiger charge is -2.06. The number of nitrogens with zero attached hydrogens (tertiary/aromatic N) is 1. The highest BCUT2D eigenvalue weighted by Gasteiger charge is 2.16. The maximum Gasteiger partial charge on any atom is 0.241 e. The van der Waals surface area contributed by atoms with Gasteiger partial charge in [-0.15, -0.1) is 0 Å². The SMILES string of the molecule is CC(=O)c1cccc(S(=O)(=O)NCc2cc(C)no2)c1. The molecule has 0 aliphatic carbocycles. The molecule has 0 saturated heterocycles. The Morgan fingerprint density at radius 1 is 1.35 bits per heavy atom. The van der Waals surface area contributed by atoms with Crippen molar-refractivity contribution in [1.82, 2.24) is 9.88 Å². The van der Waals surface area contributed by atoms with Crippen molar-refractivity contribution in [2.75, 3.05) is 0 Å². The maximum absolute atomic E-state index is 12.1. The molecule has 0 bridgehead atoms. The van der Waals surface area contributed by atoms with E-state index in [2.05, 4.69) is 9.88 Å². The second-order valence-electron chi connectivity index (χ2n) is 4.34. The van der Waals surface area contributed by atoms with E-state index in [1.807, 2.05) is 0 Å². The van der Waals surface area contributed by atoms with Crippen LogP contribution in [0.25, 0.3) is 0 Å². The van der Waals surface area contributed by atoms with Crippen molar-refractivity contribution in [2.45, 2.75) is 25.3 Å². The number of nitrogens with one attached hydrogen (secondary N) is 1. The first-order valence-electron chi connectivity index (χ1n) is 5.91. The van der Waals surface area contributed by atoms with Gasteiger partial charge in [-0.1, -0.05) is 17.3 Å². The number of carbonyl (C=O) groups excluding carboxylic acids is 1. The van der Waals surface area contributed by atoms with Crippen LogP contribution in [-0.4, -0.2) is 19.4 Å². The standard InChI is InChI=1S/C13H14N2O4S/c1-9-6-12(19-15-9)8-14-20(17,18)13-5-3-4-11(7-13)10(2)16/h3-7,14H,8H2,1-2H3. The van der Waals surface area contributed by atoms with Crippen LogP contribution >= 0.6 is 0 Å². The van der Waals surface area contributed by atoms with Gasteiger partial charge in [-0.3, -0.25) is 4.79 Å². The lowest BCUT2D eigenvalue weighted by Crippen LogP contribution is -2.23. The first-order valence-corrected chi connectivity index (χ1v) is 7.39. The van der Waals surface area contributed by atoms with E-state index in [4.69, 9.17) is 4.52 Å². The van der Waals surface area contributed by atoms with Gasteiger partial charge in [0, 0.05) is 11.6 Å². The Morgan fingerprint density at radius 3 is 2.70 bits per heavy atom. The van der Waals surface area contributed by atoms with Gasteiger partial charge in [0.15, 0.2) is 11.5 Å². The number of aromatic nitrogens is 1. The number of hydrogen-bond acceptors (Lipinski definition) is 5. The molecule has 2 aromatic rings. The second kappa shape index (κ2) is 5.56. The third kappa shape index (κ3) is 3.31. The molecule has 0 fully saturated rings. The second-order valence-corrected chi connectivity index (χ2v) is 6.11. The number of carbonyl (C=O) groups is 1. The summed E-state index contributed by atoms with van der Waals surface area (Å²) >= 11 is 0. The molecule has 1 aromatic carbocycles. The van der Waals surface area contributed by atoms with E-state index in [0.29, 0.717) is 17.0 Å². The molecule has 0 atom stereocenters. The highest BCUT2D eigenvalue weighted by atomic mass is 32.2. The van der Waals surface area contributed by atoms with Crippen LogP contribution in [0.2, 0.25) is 0 Å². The number of aryl methyl sites for hydroxylation is 1. The lowest BCUT2D eigenvalue weighted by atomic mass is 10.2. The minimum atomic E-state index is -3.70. The number of hydrogen-bond donors (Lipinski definition) is 1. The van der Waals surface area contributed by atoms with E-state index >= 15 is 0 Å². The molecule has 0 aliphatic rings. The summed E-state index contributed by atoms with van der Waals surface area (Å²) in [5.41, 5.74) is 1.03. The van der Waals surface area contributed by atoms with Crippen LogP contribution in [0.1, 0.15) is 28.7 Å². The van der Waals surface area contributed by atoms with Crippen LogP contribution in [0.3, 0.4) is 0 Å². The van der Waals surface area contributed by atoms with Gasteiger partial charge in [0.2, 0.25) is 10.0 Å². The summed E-state index contributed by atoms with van der Waals surface area (Å²) in [7, 11) is -3.70. The molecule has 6 nitrogen and oxygen atoms in total. The average molecular weight is 294 g/mol. The lowest BCUT2D eigenvalue weighted by molar-refractivity contribution is 0.101. The zero-order valence-electron chi connectivity index (χ0n) is 11.1. The van der Waals surface area contributed by atoms with Crippen LogP contribution in [0.4, 0.5) is 0 Å². The molecule has 1 aromatic heterocycles. The van der Waals surface area contributed by atoms with Crippen molar-refractivity contribution in [1.29, 1.82) is 0 Å². The van der Waals surface area contributed by atoms with Gasteiger partial charge in [-0.05, 0) is 26.0 Å². The number of rotatable bonds is 5. The fraction of sp³-hybridized carbons (Fsp3) is 0.231. The Bertz CT molecular complexity index is 734. The normalized spacial score (nSPS) is 11.5. The Hall–Kier alpha value is -1.99. The first kappa shape index (κ1) is 14.4. The van der Waals surface area contributed by atoms with Crippen LogP contribution in [0, 0.1) is 6.92 Å². The summed E-state index contributed by atoms with van der Waals surface area (Å²) in [5.74, 6) is 0.238. The maximum atomic E-state index is 12.1. The molecule has 0 radical (unpaired) electrons. The van der Waals surface area contributed by atoms with Crippen molar-refractivity contribution >= 4 is 15.8 Å². The van der Waals surface area contributed by atoms with Crippen molar-refractivity contribution < 1.29 is 17.7 Å². The van der Waals surface area contributed by atoms with Crippen LogP contribution in [0.5, 0.6) is 0 Å². The molecular formula is C13H14N2O4S. The topological polar surface area (TPSA) is 89.3 Å². The predicted molar refractivity (Wildman–Crippen MR) is 71.7 cm³/mol. The van der Waals surface area contributed by atoms with Gasteiger partial charge in [0.1, 0.15) is 0 Å². The van der Waals surface area contributed by atoms with Gasteiger partial charge in [-0.25, -0.2) is 13.1 Å². The van der Waals surface area contributed by atoms with Crippen molar-refractivity contribution in [3.63, 3.8) is 0 Å². The Labute approximate surface area is 116 Å². The van der Waals surface area contributed by atoms with E-state index < -0.39 is 10.0 Å². The van der Waals surface area contributed by atoms with E-state index in [1.165, 1.54) is 25.1 Å². The molecule has 106 valence electrons. The summed E-state index contributed by atoms with van der Waals surface area (Å²) in [4.78, 5) is 11.3. The monoisotopic (exact) mass is 294 g/mol. The van der Waals surface area contributed by atoms with Crippen LogP contribution in [0.15, 0.2) is 39.8 Å². The summed E-state index contributed by atoms with van der Waals surface area (Å²) < 4.78 is 31.5. The molecule has 1 N–H and O–H groups in total. The minimum absolute atomic E-state index is 0.00741. The van der Waals surface area contributed by atoms with Gasteiger partial charge < -0.3 is 4.52 Å². The van der Waals surface area contributed by atoms with Crippen molar-refractivity contribution in [3.8, 4) is 0 Å². The highest BCUT2D eigenvalue weighted by Crippen LogP contribution is 2.13. The molecule has 0 unspecified atom stereocenters. The van der Waals surface area contributed by atoms with E-state index in [-0.39, 0.29) is 17.2 Å². The number of ketones is 1. The molecule has 0 aliphatic heterocycles. The molecule has 0 spiro atoms. The van der Waals surface area contributed by atoms with E-state index in [9.17, 15) is 13.2 Å².